The number of ether oxygens (including phenoxy) is 3. The van der Waals surface area contributed by atoms with Gasteiger partial charge in [0, 0.05) is 11.6 Å². The fourth-order valence-corrected chi connectivity index (χ4v) is 3.18. The number of hydrogen-bond acceptors (Lipinski definition) is 7. The zero-order valence-electron chi connectivity index (χ0n) is 15.7. The molecule has 0 saturated carbocycles. The molecule has 8 nitrogen and oxygen atoms in total. The highest BCUT2D eigenvalue weighted by atomic mass is 16.7. The van der Waals surface area contributed by atoms with Crippen LogP contribution in [0.1, 0.15) is 26.3 Å². The molecule has 0 aromatic heterocycles. The lowest BCUT2D eigenvalue weighted by molar-refractivity contribution is -0.150. The first-order valence-corrected chi connectivity index (χ1v) is 8.90. The van der Waals surface area contributed by atoms with Gasteiger partial charge in [0.2, 0.25) is 0 Å². The number of cyclic esters (lactones) is 1. The Hall–Kier alpha value is -4.20. The maximum Gasteiger partial charge on any atom is 0.358 e. The van der Waals surface area contributed by atoms with Crippen LogP contribution in [0.15, 0.2) is 72.6 Å². The number of carbonyl (C=O) groups is 4. The summed E-state index contributed by atoms with van der Waals surface area (Å²) in [4.78, 5) is 50.2. The molecule has 30 heavy (non-hydrogen) atoms. The maximum atomic E-state index is 12.7. The van der Waals surface area contributed by atoms with E-state index in [0.29, 0.717) is 16.0 Å². The van der Waals surface area contributed by atoms with Crippen LogP contribution in [0.3, 0.4) is 0 Å². The van der Waals surface area contributed by atoms with Crippen LogP contribution in [0.4, 0.5) is 0 Å². The molecule has 2 aromatic rings. The van der Waals surface area contributed by atoms with Gasteiger partial charge in [-0.3, -0.25) is 9.59 Å². The molecule has 0 bridgehead atoms. The molecule has 2 aromatic carbocycles. The van der Waals surface area contributed by atoms with Gasteiger partial charge >= 0.3 is 11.9 Å². The lowest BCUT2D eigenvalue weighted by atomic mass is 10.1. The van der Waals surface area contributed by atoms with Gasteiger partial charge < -0.3 is 14.2 Å². The van der Waals surface area contributed by atoms with E-state index < -0.39 is 35.7 Å². The van der Waals surface area contributed by atoms with Crippen LogP contribution in [-0.2, 0) is 23.8 Å². The average Bonchev–Trinajstić information content (AvgIpc) is 3.27. The predicted octanol–water partition coefficient (Wildman–Crippen LogP) is 2.28. The van der Waals surface area contributed by atoms with Gasteiger partial charge in [-0.15, -0.1) is 0 Å². The molecule has 0 aliphatic carbocycles. The minimum absolute atomic E-state index is 0.162. The summed E-state index contributed by atoms with van der Waals surface area (Å²) in [5, 5.41) is 0. The summed E-state index contributed by atoms with van der Waals surface area (Å²) in [6, 6.07) is 15.1. The van der Waals surface area contributed by atoms with E-state index in [9.17, 15) is 19.2 Å². The summed E-state index contributed by atoms with van der Waals surface area (Å²) in [6.45, 7) is 0. The van der Waals surface area contributed by atoms with E-state index in [1.54, 1.807) is 36.4 Å². The Kier molecular flexibility index (Phi) is 4.89. The summed E-state index contributed by atoms with van der Waals surface area (Å²) in [7, 11) is 1.11. The molecule has 0 N–H and O–H groups in total. The molecule has 2 amide bonds. The van der Waals surface area contributed by atoms with Gasteiger partial charge in [-0.25, -0.2) is 14.5 Å². The zero-order valence-corrected chi connectivity index (χ0v) is 15.7. The molecular weight excluding hydrogens is 390 g/mol. The first-order chi connectivity index (χ1) is 14.5. The second-order valence-electron chi connectivity index (χ2n) is 6.36. The number of benzene rings is 2. The molecule has 2 heterocycles. The third kappa shape index (κ3) is 3.24. The number of rotatable bonds is 5. The third-order valence-corrected chi connectivity index (χ3v) is 4.59. The van der Waals surface area contributed by atoms with Crippen LogP contribution >= 0.6 is 0 Å². The van der Waals surface area contributed by atoms with E-state index in [1.807, 2.05) is 6.07 Å². The van der Waals surface area contributed by atoms with Crippen LogP contribution in [0.25, 0.3) is 5.57 Å². The Morgan fingerprint density at radius 1 is 0.967 bits per heavy atom. The Morgan fingerprint density at radius 3 is 2.17 bits per heavy atom. The van der Waals surface area contributed by atoms with Crippen molar-refractivity contribution in [3.63, 3.8) is 0 Å². The highest BCUT2D eigenvalue weighted by Crippen LogP contribution is 2.30. The molecule has 0 radical (unpaired) electrons. The van der Waals surface area contributed by atoms with Crippen molar-refractivity contribution in [1.82, 2.24) is 4.90 Å². The number of hydrogen-bond donors (Lipinski definition) is 0. The molecule has 0 saturated heterocycles. The van der Waals surface area contributed by atoms with Crippen LogP contribution in [-0.4, -0.2) is 42.1 Å². The van der Waals surface area contributed by atoms with Gasteiger partial charge in [-0.1, -0.05) is 42.5 Å². The lowest BCUT2D eigenvalue weighted by Crippen LogP contribution is -2.34. The molecule has 0 spiro atoms. The molecule has 2 aliphatic heterocycles. The molecule has 0 fully saturated rings. The van der Waals surface area contributed by atoms with E-state index in [4.69, 9.17) is 14.2 Å². The fraction of sp³-hybridized carbons (Fsp3) is 0.0909. The van der Waals surface area contributed by atoms with E-state index in [2.05, 4.69) is 0 Å². The highest BCUT2D eigenvalue weighted by molar-refractivity contribution is 6.24. The van der Waals surface area contributed by atoms with Crippen molar-refractivity contribution >= 4 is 29.3 Å². The quantitative estimate of drug-likeness (QED) is 0.326. The minimum Gasteiger partial charge on any atom is -0.464 e. The van der Waals surface area contributed by atoms with Crippen molar-refractivity contribution in [1.29, 1.82) is 0 Å². The monoisotopic (exact) mass is 405 g/mol. The fourth-order valence-electron chi connectivity index (χ4n) is 3.18. The van der Waals surface area contributed by atoms with Gasteiger partial charge in [0.1, 0.15) is 6.26 Å². The van der Waals surface area contributed by atoms with E-state index in [1.165, 1.54) is 18.2 Å². The number of methoxy groups -OCH3 is 1. The number of nitrogens with zero attached hydrogens (tertiary/aromatic N) is 1. The molecule has 150 valence electrons. The molecule has 4 rings (SSSR count). The second kappa shape index (κ2) is 7.67. The number of esters is 2. The second-order valence-corrected chi connectivity index (χ2v) is 6.36. The standard InChI is InChI=1S/C22H15NO7/c1-28-21(27)17(23-19(25)14-9-5-6-10-15(14)20(23)26)12-29-22-16(11-18(24)30-22)13-7-3-2-4-8-13/h2-12,22H,1H3/b17-12-. The van der Waals surface area contributed by atoms with Crippen LogP contribution in [0.2, 0.25) is 0 Å². The summed E-state index contributed by atoms with van der Waals surface area (Å²) < 4.78 is 15.4. The number of carbonyl (C=O) groups excluding carboxylic acids is 4. The zero-order chi connectivity index (χ0) is 21.3. The van der Waals surface area contributed by atoms with Gasteiger partial charge in [-0.05, 0) is 17.7 Å². The molecule has 1 atom stereocenters. The number of amides is 2. The Balaban J connectivity index is 1.65. The summed E-state index contributed by atoms with van der Waals surface area (Å²) in [5.41, 5.74) is 1.01. The Labute approximate surface area is 170 Å². The van der Waals surface area contributed by atoms with Crippen LogP contribution in [0.5, 0.6) is 0 Å². The largest absolute Gasteiger partial charge is 0.464 e. The topological polar surface area (TPSA) is 99.2 Å². The first kappa shape index (κ1) is 19.1. The lowest BCUT2D eigenvalue weighted by Gasteiger charge is -2.18. The van der Waals surface area contributed by atoms with E-state index in [0.717, 1.165) is 13.4 Å². The molecule has 1 unspecified atom stereocenters. The molecule has 8 heteroatoms. The van der Waals surface area contributed by atoms with Gasteiger partial charge in [0.25, 0.3) is 18.1 Å². The first-order valence-electron chi connectivity index (χ1n) is 8.90. The summed E-state index contributed by atoms with van der Waals surface area (Å²) >= 11 is 0. The smallest absolute Gasteiger partial charge is 0.358 e. The highest BCUT2D eigenvalue weighted by Gasteiger charge is 2.41. The Morgan fingerprint density at radius 2 is 1.57 bits per heavy atom. The van der Waals surface area contributed by atoms with E-state index in [-0.39, 0.29) is 11.1 Å². The average molecular weight is 405 g/mol. The maximum absolute atomic E-state index is 12.7. The minimum atomic E-state index is -1.16. The van der Waals surface area contributed by atoms with Gasteiger partial charge in [0.05, 0.1) is 18.2 Å². The van der Waals surface area contributed by atoms with Crippen LogP contribution < -0.4 is 0 Å². The molecular formula is C22H15NO7. The van der Waals surface area contributed by atoms with Crippen molar-refractivity contribution in [3.8, 4) is 0 Å². The van der Waals surface area contributed by atoms with Crippen molar-refractivity contribution in [2.24, 2.45) is 0 Å². The summed E-state index contributed by atoms with van der Waals surface area (Å²) in [5.74, 6) is -2.94. The number of fused-ring (bicyclic) bond motifs is 1. The number of imide groups is 1. The van der Waals surface area contributed by atoms with Gasteiger partial charge in [0.15, 0.2) is 5.70 Å². The third-order valence-electron chi connectivity index (χ3n) is 4.59. The Bertz CT molecular complexity index is 1080. The normalized spacial score (nSPS) is 18.1. The van der Waals surface area contributed by atoms with Crippen molar-refractivity contribution in [2.45, 2.75) is 6.29 Å². The van der Waals surface area contributed by atoms with Gasteiger partial charge in [-0.2, -0.15) is 0 Å². The predicted molar refractivity (Wildman–Crippen MR) is 102 cm³/mol. The van der Waals surface area contributed by atoms with Crippen molar-refractivity contribution in [3.05, 3.63) is 89.3 Å². The van der Waals surface area contributed by atoms with Crippen molar-refractivity contribution in [2.75, 3.05) is 7.11 Å². The van der Waals surface area contributed by atoms with Crippen LogP contribution in [0, 0.1) is 0 Å². The van der Waals surface area contributed by atoms with E-state index >= 15 is 0 Å². The van der Waals surface area contributed by atoms with Crippen molar-refractivity contribution < 1.29 is 33.4 Å². The molecule has 2 aliphatic rings. The summed E-state index contributed by atoms with van der Waals surface area (Å²) in [6.07, 6.45) is 1.01. The SMILES string of the molecule is COC(=O)/C(=C/OC1OC(=O)C=C1c1ccccc1)N1C(=O)c2ccccc2C1=O.